The van der Waals surface area contributed by atoms with Gasteiger partial charge in [0, 0.05) is 10.9 Å². The first-order valence-corrected chi connectivity index (χ1v) is 5.80. The van der Waals surface area contributed by atoms with Crippen LogP contribution in [-0.2, 0) is 13.0 Å². The number of nitrogens with zero attached hydrogens (tertiary/aromatic N) is 1. The van der Waals surface area contributed by atoms with Crippen molar-refractivity contribution in [3.8, 4) is 0 Å². The van der Waals surface area contributed by atoms with Gasteiger partial charge in [-0.1, -0.05) is 30.3 Å². The predicted molar refractivity (Wildman–Crippen MR) is 62.5 cm³/mol. The van der Waals surface area contributed by atoms with Crippen LogP contribution in [0.5, 0.6) is 0 Å². The number of rotatable bonds is 4. The van der Waals surface area contributed by atoms with Crippen molar-refractivity contribution in [1.29, 1.82) is 0 Å². The largest absolute Gasteiger partial charge is 0.389 e. The molecule has 0 saturated carbocycles. The summed E-state index contributed by atoms with van der Waals surface area (Å²) in [6.07, 6.45) is 0.292. The zero-order valence-corrected chi connectivity index (χ0v) is 9.41. The fourth-order valence-corrected chi connectivity index (χ4v) is 2.05. The van der Waals surface area contributed by atoms with Crippen LogP contribution in [0.2, 0.25) is 0 Å². The minimum Gasteiger partial charge on any atom is -0.389 e. The van der Waals surface area contributed by atoms with Crippen LogP contribution in [0.25, 0.3) is 0 Å². The number of thiazole rings is 1. The van der Waals surface area contributed by atoms with Crippen LogP contribution >= 0.6 is 11.3 Å². The summed E-state index contributed by atoms with van der Waals surface area (Å²) in [4.78, 5) is 16.0. The third-order valence-corrected chi connectivity index (χ3v) is 3.05. The molecule has 0 aliphatic rings. The Labute approximate surface area is 97.4 Å². The number of hydrogen-bond acceptors (Lipinski definition) is 4. The van der Waals surface area contributed by atoms with Gasteiger partial charge in [0.2, 0.25) is 0 Å². The molecule has 16 heavy (non-hydrogen) atoms. The molecule has 82 valence electrons. The van der Waals surface area contributed by atoms with Gasteiger partial charge in [0.15, 0.2) is 5.78 Å². The van der Waals surface area contributed by atoms with Gasteiger partial charge in [-0.15, -0.1) is 11.3 Å². The summed E-state index contributed by atoms with van der Waals surface area (Å²) in [5.41, 5.74) is 1.42. The Morgan fingerprint density at radius 3 is 2.69 bits per heavy atom. The summed E-state index contributed by atoms with van der Waals surface area (Å²) >= 11 is 1.37. The number of ketones is 1. The van der Waals surface area contributed by atoms with E-state index < -0.39 is 0 Å². The molecule has 0 amide bonds. The second kappa shape index (κ2) is 5.01. The van der Waals surface area contributed by atoms with E-state index in [0.717, 1.165) is 5.69 Å². The minimum atomic E-state index is -0.0653. The molecule has 0 fully saturated rings. The maximum atomic E-state index is 11.8. The zero-order valence-electron chi connectivity index (χ0n) is 8.59. The monoisotopic (exact) mass is 233 g/mol. The number of aliphatic hydroxyl groups excluding tert-OH is 1. The van der Waals surface area contributed by atoms with Crippen LogP contribution in [0.4, 0.5) is 0 Å². The van der Waals surface area contributed by atoms with Crippen LogP contribution in [0.1, 0.15) is 21.1 Å². The Kier molecular flexibility index (Phi) is 3.44. The smallest absolute Gasteiger partial charge is 0.168 e. The van der Waals surface area contributed by atoms with Crippen LogP contribution in [-0.4, -0.2) is 15.9 Å². The summed E-state index contributed by atoms with van der Waals surface area (Å²) in [7, 11) is 0. The van der Waals surface area contributed by atoms with E-state index in [0.29, 0.717) is 17.0 Å². The molecule has 1 aromatic heterocycles. The lowest BCUT2D eigenvalue weighted by Crippen LogP contribution is -2.03. The van der Waals surface area contributed by atoms with Crippen molar-refractivity contribution >= 4 is 17.1 Å². The van der Waals surface area contributed by atoms with E-state index in [4.69, 9.17) is 5.11 Å². The maximum absolute atomic E-state index is 11.8. The molecule has 0 aliphatic carbocycles. The molecule has 1 N–H and O–H groups in total. The molecule has 3 nitrogen and oxygen atoms in total. The quantitative estimate of drug-likeness (QED) is 0.822. The SMILES string of the molecule is O=C(Cc1csc(CO)n1)c1ccccc1. The van der Waals surface area contributed by atoms with Crippen molar-refractivity contribution in [3.05, 3.63) is 52.0 Å². The molecule has 2 rings (SSSR count). The van der Waals surface area contributed by atoms with Gasteiger partial charge in [0.1, 0.15) is 5.01 Å². The number of carbonyl (C=O) groups excluding carboxylic acids is 1. The molecule has 2 aromatic rings. The highest BCUT2D eigenvalue weighted by molar-refractivity contribution is 7.09. The van der Waals surface area contributed by atoms with Gasteiger partial charge >= 0.3 is 0 Å². The Balaban J connectivity index is 2.08. The lowest BCUT2D eigenvalue weighted by atomic mass is 10.1. The number of aromatic nitrogens is 1. The maximum Gasteiger partial charge on any atom is 0.168 e. The van der Waals surface area contributed by atoms with Crippen molar-refractivity contribution in [3.63, 3.8) is 0 Å². The molecule has 0 spiro atoms. The highest BCUT2D eigenvalue weighted by Crippen LogP contribution is 2.12. The Morgan fingerprint density at radius 1 is 1.31 bits per heavy atom. The van der Waals surface area contributed by atoms with Crippen LogP contribution in [0.3, 0.4) is 0 Å². The number of aliphatic hydroxyl groups is 1. The van der Waals surface area contributed by atoms with Crippen molar-refractivity contribution in [1.82, 2.24) is 4.98 Å². The number of hydrogen-bond donors (Lipinski definition) is 1. The molecule has 0 aliphatic heterocycles. The normalized spacial score (nSPS) is 10.3. The van der Waals surface area contributed by atoms with Crippen molar-refractivity contribution in [2.45, 2.75) is 13.0 Å². The summed E-state index contributed by atoms with van der Waals surface area (Å²) < 4.78 is 0. The van der Waals surface area contributed by atoms with Gasteiger partial charge in [-0.2, -0.15) is 0 Å². The van der Waals surface area contributed by atoms with Gasteiger partial charge in [-0.25, -0.2) is 4.98 Å². The molecule has 0 radical (unpaired) electrons. The Hall–Kier alpha value is -1.52. The highest BCUT2D eigenvalue weighted by Gasteiger charge is 2.09. The van der Waals surface area contributed by atoms with Gasteiger partial charge in [-0.05, 0) is 0 Å². The fourth-order valence-electron chi connectivity index (χ4n) is 1.39. The molecule has 0 unspecified atom stereocenters. The summed E-state index contributed by atoms with van der Waals surface area (Å²) in [6.45, 7) is -0.0653. The van der Waals surface area contributed by atoms with E-state index >= 15 is 0 Å². The minimum absolute atomic E-state index is 0.0513. The van der Waals surface area contributed by atoms with Crippen molar-refractivity contribution in [2.24, 2.45) is 0 Å². The first-order valence-electron chi connectivity index (χ1n) is 4.92. The Bertz CT molecular complexity index is 479. The fraction of sp³-hybridized carbons (Fsp3) is 0.167. The average molecular weight is 233 g/mol. The summed E-state index contributed by atoms with van der Waals surface area (Å²) in [5, 5.41) is 11.3. The second-order valence-electron chi connectivity index (χ2n) is 3.36. The number of benzene rings is 1. The van der Waals surface area contributed by atoms with E-state index in [-0.39, 0.29) is 12.4 Å². The van der Waals surface area contributed by atoms with E-state index in [1.165, 1.54) is 11.3 Å². The van der Waals surface area contributed by atoms with Crippen LogP contribution in [0, 0.1) is 0 Å². The molecule has 0 bridgehead atoms. The van der Waals surface area contributed by atoms with Crippen molar-refractivity contribution < 1.29 is 9.90 Å². The number of Topliss-reactive ketones (excluding diaryl/α,β-unsaturated/α-hetero) is 1. The summed E-state index contributed by atoms with van der Waals surface area (Å²) in [6, 6.07) is 9.15. The second-order valence-corrected chi connectivity index (χ2v) is 4.30. The summed E-state index contributed by atoms with van der Waals surface area (Å²) in [5.74, 6) is 0.0513. The molecule has 4 heteroatoms. The Morgan fingerprint density at radius 2 is 2.06 bits per heavy atom. The zero-order chi connectivity index (χ0) is 11.4. The van der Waals surface area contributed by atoms with E-state index in [1.54, 1.807) is 12.1 Å². The third-order valence-electron chi connectivity index (χ3n) is 2.17. The molecule has 1 heterocycles. The lowest BCUT2D eigenvalue weighted by Gasteiger charge is -1.97. The van der Waals surface area contributed by atoms with Gasteiger partial charge in [-0.3, -0.25) is 4.79 Å². The topological polar surface area (TPSA) is 50.2 Å². The third kappa shape index (κ3) is 2.53. The van der Waals surface area contributed by atoms with Gasteiger partial charge < -0.3 is 5.11 Å². The highest BCUT2D eigenvalue weighted by atomic mass is 32.1. The van der Waals surface area contributed by atoms with E-state index in [1.807, 2.05) is 23.6 Å². The molecular formula is C12H11NO2S. The number of carbonyl (C=O) groups is 1. The first-order chi connectivity index (χ1) is 7.79. The molecular weight excluding hydrogens is 222 g/mol. The average Bonchev–Trinajstić information content (AvgIpc) is 2.78. The standard InChI is InChI=1S/C12H11NO2S/c14-7-12-13-10(8-16-12)6-11(15)9-4-2-1-3-5-9/h1-5,8,14H,6-7H2. The molecule has 0 saturated heterocycles. The van der Waals surface area contributed by atoms with Gasteiger partial charge in [0.25, 0.3) is 0 Å². The predicted octanol–water partition coefficient (Wildman–Crippen LogP) is 2.06. The first kappa shape index (κ1) is 11.0. The van der Waals surface area contributed by atoms with E-state index in [2.05, 4.69) is 4.98 Å². The van der Waals surface area contributed by atoms with E-state index in [9.17, 15) is 4.79 Å². The van der Waals surface area contributed by atoms with Crippen LogP contribution < -0.4 is 0 Å². The lowest BCUT2D eigenvalue weighted by molar-refractivity contribution is 0.0992. The molecule has 1 aromatic carbocycles. The molecule has 0 atom stereocenters. The van der Waals surface area contributed by atoms with Crippen LogP contribution in [0.15, 0.2) is 35.7 Å². The van der Waals surface area contributed by atoms with Gasteiger partial charge in [0.05, 0.1) is 18.7 Å². The van der Waals surface area contributed by atoms with Crippen molar-refractivity contribution in [2.75, 3.05) is 0 Å².